The molecular formula is C22H29O7P. The monoisotopic (exact) mass is 436 g/mol. The molecule has 0 fully saturated rings. The Morgan fingerprint density at radius 1 is 0.867 bits per heavy atom. The van der Waals surface area contributed by atoms with Crippen molar-refractivity contribution in [3.8, 4) is 17.2 Å². The minimum Gasteiger partial charge on any atom is -0.496 e. The van der Waals surface area contributed by atoms with Gasteiger partial charge in [-0.25, -0.2) is 0 Å². The predicted molar refractivity (Wildman–Crippen MR) is 117 cm³/mol. The van der Waals surface area contributed by atoms with Crippen molar-refractivity contribution >= 4 is 20.9 Å². The molecule has 7 nitrogen and oxygen atoms in total. The summed E-state index contributed by atoms with van der Waals surface area (Å²) in [6, 6.07) is 11.9. The van der Waals surface area contributed by atoms with Gasteiger partial charge in [0, 0.05) is 12.1 Å². The van der Waals surface area contributed by atoms with Crippen LogP contribution in [0.1, 0.15) is 42.6 Å². The fourth-order valence-electron chi connectivity index (χ4n) is 2.79. The number of ketones is 1. The molecule has 0 bridgehead atoms. The molecule has 0 saturated heterocycles. The van der Waals surface area contributed by atoms with Crippen LogP contribution in [0.2, 0.25) is 0 Å². The maximum Gasteiger partial charge on any atom is 0.321 e. The zero-order valence-corrected chi connectivity index (χ0v) is 19.6. The highest BCUT2D eigenvalue weighted by Gasteiger charge is 2.36. The van der Waals surface area contributed by atoms with Gasteiger partial charge >= 0.3 is 5.97 Å². The van der Waals surface area contributed by atoms with Crippen molar-refractivity contribution < 1.29 is 33.1 Å². The zero-order valence-electron chi connectivity index (χ0n) is 18.2. The maximum absolute atomic E-state index is 13.5. The summed E-state index contributed by atoms with van der Waals surface area (Å²) in [5, 5.41) is 0. The van der Waals surface area contributed by atoms with Crippen molar-refractivity contribution in [2.45, 2.75) is 32.3 Å². The van der Waals surface area contributed by atoms with Crippen molar-refractivity contribution in [3.63, 3.8) is 0 Å². The Balaban J connectivity index is 0.00000218. The molecule has 30 heavy (non-hydrogen) atoms. The Morgan fingerprint density at radius 3 is 1.77 bits per heavy atom. The van der Waals surface area contributed by atoms with Crippen LogP contribution in [0, 0.1) is 0 Å². The molecule has 0 radical (unpaired) electrons. The second kappa shape index (κ2) is 11.4. The summed E-state index contributed by atoms with van der Waals surface area (Å²) in [7, 11) is 5.00. The number of hydrogen-bond donors (Lipinski definition) is 0. The van der Waals surface area contributed by atoms with Crippen LogP contribution in [0.4, 0.5) is 0 Å². The number of hydrogen-bond acceptors (Lipinski definition) is 7. The average Bonchev–Trinajstić information content (AvgIpc) is 2.73. The third kappa shape index (κ3) is 6.36. The van der Waals surface area contributed by atoms with Crippen LogP contribution in [0.15, 0.2) is 42.5 Å². The summed E-state index contributed by atoms with van der Waals surface area (Å²) in [5.74, 6) is -1.28. The Labute approximate surface area is 178 Å². The van der Waals surface area contributed by atoms with E-state index >= 15 is 0 Å². The highest BCUT2D eigenvalue weighted by atomic mass is 31.0. The first-order chi connectivity index (χ1) is 14.2. The molecule has 0 aliphatic rings. The fraction of sp³-hybridized carbons (Fsp3) is 0.364. The highest BCUT2D eigenvalue weighted by molar-refractivity contribution is 7.00. The third-order valence-electron chi connectivity index (χ3n) is 4.00. The van der Waals surface area contributed by atoms with Crippen LogP contribution in [-0.2, 0) is 14.1 Å². The number of carbonyl (C=O) groups excluding carboxylic acids is 2. The summed E-state index contributed by atoms with van der Waals surface area (Å²) in [4.78, 5) is 26.5. The van der Waals surface area contributed by atoms with Gasteiger partial charge in [-0.1, -0.05) is 30.3 Å². The number of rotatable bonds is 7. The van der Waals surface area contributed by atoms with Gasteiger partial charge in [-0.15, -0.1) is 0 Å². The van der Waals surface area contributed by atoms with E-state index in [2.05, 4.69) is 0 Å². The van der Waals surface area contributed by atoms with E-state index in [1.165, 1.54) is 21.3 Å². The molecule has 2 aromatic rings. The molecule has 0 N–H and O–H groups in total. The third-order valence-corrected chi connectivity index (χ3v) is 4.00. The largest absolute Gasteiger partial charge is 0.496 e. The minimum absolute atomic E-state index is 0.158. The first-order valence-corrected chi connectivity index (χ1v) is 9.70. The molecule has 8 heteroatoms. The lowest BCUT2D eigenvalue weighted by atomic mass is 9.89. The van der Waals surface area contributed by atoms with E-state index in [0.29, 0.717) is 20.4 Å². The molecule has 0 aliphatic carbocycles. The number of Topliss-reactive ketones (excluding diaryl/α,β-unsaturated/α-hetero) is 1. The van der Waals surface area contributed by atoms with Gasteiger partial charge in [-0.2, -0.15) is 0 Å². The van der Waals surface area contributed by atoms with Gasteiger partial charge in [0.15, 0.2) is 5.78 Å². The van der Waals surface area contributed by atoms with E-state index in [0.717, 1.165) is 0 Å². The Bertz CT molecular complexity index is 835. The predicted octanol–water partition coefficient (Wildman–Crippen LogP) is 3.96. The van der Waals surface area contributed by atoms with Crippen LogP contribution in [0.25, 0.3) is 0 Å². The topological polar surface area (TPSA) is 88.1 Å². The van der Waals surface area contributed by atoms with E-state index < -0.39 is 23.3 Å². The Hall–Kier alpha value is -2.79. The molecule has 164 valence electrons. The van der Waals surface area contributed by atoms with E-state index in [-0.39, 0.29) is 17.1 Å². The van der Waals surface area contributed by atoms with Crippen molar-refractivity contribution in [1.29, 1.82) is 0 Å². The number of carbonyl (C=O) groups is 2. The van der Waals surface area contributed by atoms with Gasteiger partial charge in [0.1, 0.15) is 34.3 Å². The summed E-state index contributed by atoms with van der Waals surface area (Å²) < 4.78 is 29.8. The van der Waals surface area contributed by atoms with Crippen molar-refractivity contribution in [3.05, 3.63) is 53.6 Å². The van der Waals surface area contributed by atoms with Crippen molar-refractivity contribution in [2.75, 3.05) is 21.3 Å². The normalized spacial score (nSPS) is 11.5. The van der Waals surface area contributed by atoms with Gasteiger partial charge in [0.25, 0.3) is 0 Å². The summed E-state index contributed by atoms with van der Waals surface area (Å²) >= 11 is 0. The molecule has 0 saturated carbocycles. The lowest BCUT2D eigenvalue weighted by Crippen LogP contribution is -2.32. The van der Waals surface area contributed by atoms with Crippen LogP contribution < -0.4 is 14.2 Å². The Kier molecular flexibility index (Phi) is 9.60. The molecule has 0 spiro atoms. The van der Waals surface area contributed by atoms with Crippen molar-refractivity contribution in [2.24, 2.45) is 0 Å². The second-order valence-corrected chi connectivity index (χ2v) is 7.15. The number of methoxy groups -OCH3 is 3. The number of esters is 1. The van der Waals surface area contributed by atoms with E-state index in [1.807, 2.05) is 6.07 Å². The molecule has 0 amide bonds. The van der Waals surface area contributed by atoms with Gasteiger partial charge in [-0.3, -0.25) is 9.59 Å². The van der Waals surface area contributed by atoms with Crippen LogP contribution >= 0.6 is 9.12 Å². The van der Waals surface area contributed by atoms with Crippen molar-refractivity contribution in [1.82, 2.24) is 0 Å². The van der Waals surface area contributed by atoms with E-state index in [1.54, 1.807) is 57.2 Å². The number of ether oxygens (including phenoxy) is 4. The van der Waals surface area contributed by atoms with Gasteiger partial charge in [0.2, 0.25) is 0 Å². The highest BCUT2D eigenvalue weighted by Crippen LogP contribution is 2.38. The maximum atomic E-state index is 13.5. The standard InChI is InChI=1S/C22H26O6.H3OP/c1-22(2,3)28-21(24)18(14-10-8-7-9-11-14)20(23)19-16(26-5)12-15(25-4)13-17(19)27-6;1-2/h7-13,18H,1-6H3;2H3. The molecule has 0 aromatic heterocycles. The van der Waals surface area contributed by atoms with Crippen LogP contribution in [0.3, 0.4) is 0 Å². The lowest BCUT2D eigenvalue weighted by Gasteiger charge is -2.24. The molecule has 2 aromatic carbocycles. The molecule has 0 heterocycles. The SMILES string of the molecule is COc1cc(OC)c(C(=O)C(C(=O)OC(C)(C)C)c2ccccc2)c(OC)c1.O=[PH3]. The molecule has 2 atom stereocenters. The summed E-state index contributed by atoms with van der Waals surface area (Å²) in [5.41, 5.74) is -0.0504. The first-order valence-electron chi connectivity index (χ1n) is 9.12. The molecule has 2 unspecified atom stereocenters. The first kappa shape index (κ1) is 25.2. The second-order valence-electron chi connectivity index (χ2n) is 7.15. The summed E-state index contributed by atoms with van der Waals surface area (Å²) in [6.45, 7) is 5.27. The molecule has 0 aliphatic heterocycles. The zero-order chi connectivity index (χ0) is 22.9. The van der Waals surface area contributed by atoms with Gasteiger partial charge in [0.05, 0.1) is 30.4 Å². The van der Waals surface area contributed by atoms with Crippen LogP contribution in [0.5, 0.6) is 17.2 Å². The fourth-order valence-corrected chi connectivity index (χ4v) is 2.79. The minimum atomic E-state index is -1.16. The number of benzene rings is 2. The lowest BCUT2D eigenvalue weighted by molar-refractivity contribution is -0.155. The van der Waals surface area contributed by atoms with Crippen LogP contribution in [-0.4, -0.2) is 38.7 Å². The Morgan fingerprint density at radius 2 is 1.37 bits per heavy atom. The summed E-state index contributed by atoms with van der Waals surface area (Å²) in [6.07, 6.45) is 0. The van der Waals surface area contributed by atoms with Gasteiger partial charge in [-0.05, 0) is 26.3 Å². The molecular weight excluding hydrogens is 407 g/mol. The molecule has 2 rings (SSSR count). The smallest absolute Gasteiger partial charge is 0.321 e. The van der Waals surface area contributed by atoms with Gasteiger partial charge < -0.3 is 23.5 Å². The van der Waals surface area contributed by atoms with E-state index in [9.17, 15) is 9.59 Å². The average molecular weight is 436 g/mol. The quantitative estimate of drug-likeness (QED) is 0.281. The van der Waals surface area contributed by atoms with E-state index in [4.69, 9.17) is 23.5 Å².